The molecule has 0 N–H and O–H groups in total. The highest BCUT2D eigenvalue weighted by Crippen LogP contribution is 2.50. The van der Waals surface area contributed by atoms with Crippen molar-refractivity contribution in [2.24, 2.45) is 0 Å². The number of fused-ring (bicyclic) bond motifs is 7. The van der Waals surface area contributed by atoms with Crippen molar-refractivity contribution in [1.29, 1.82) is 0 Å². The van der Waals surface area contributed by atoms with E-state index in [0.717, 1.165) is 61.2 Å². The van der Waals surface area contributed by atoms with Crippen molar-refractivity contribution in [3.8, 4) is 33.7 Å². The number of hydrogen-bond donors (Lipinski definition) is 0. The summed E-state index contributed by atoms with van der Waals surface area (Å²) in [5.41, 5.74) is 15.0. The lowest BCUT2D eigenvalue weighted by Gasteiger charge is -2.28. The van der Waals surface area contributed by atoms with E-state index >= 15 is 0 Å². The van der Waals surface area contributed by atoms with Gasteiger partial charge in [-0.2, -0.15) is 0 Å². The van der Waals surface area contributed by atoms with Crippen LogP contribution in [0.4, 0.5) is 17.1 Å². The molecule has 1 aliphatic rings. The van der Waals surface area contributed by atoms with E-state index in [2.05, 4.69) is 140 Å². The summed E-state index contributed by atoms with van der Waals surface area (Å²) < 4.78 is 12.5. The van der Waals surface area contributed by atoms with Crippen molar-refractivity contribution < 1.29 is 8.83 Å². The number of rotatable bonds is 5. The van der Waals surface area contributed by atoms with Crippen LogP contribution in [0, 0.1) is 0 Å². The van der Waals surface area contributed by atoms with E-state index in [1.54, 1.807) is 0 Å². The SMILES string of the molecule is CC1(C)c2ccccc2-c2ccc(N(c3ccccc3)c3ccc(-c4ccc5c(c4)oc4cc6oc(-c7ccccc7)nc6cc45)cc3)cc21. The Hall–Kier alpha value is -6.39. The van der Waals surface area contributed by atoms with E-state index in [1.165, 1.54) is 22.3 Å². The van der Waals surface area contributed by atoms with Crippen LogP contribution in [0.25, 0.3) is 66.7 Å². The van der Waals surface area contributed by atoms with E-state index < -0.39 is 0 Å². The highest BCUT2D eigenvalue weighted by atomic mass is 16.4. The van der Waals surface area contributed by atoms with E-state index in [4.69, 9.17) is 13.8 Å². The molecule has 238 valence electrons. The number of benzene rings is 7. The van der Waals surface area contributed by atoms with Gasteiger partial charge in [0.1, 0.15) is 16.7 Å². The van der Waals surface area contributed by atoms with Gasteiger partial charge in [-0.15, -0.1) is 0 Å². The van der Waals surface area contributed by atoms with Gasteiger partial charge in [-0.25, -0.2) is 4.98 Å². The average molecular weight is 645 g/mol. The van der Waals surface area contributed by atoms with Crippen molar-refractivity contribution in [1.82, 2.24) is 4.98 Å². The Kier molecular flexibility index (Phi) is 6.19. The summed E-state index contributed by atoms with van der Waals surface area (Å²) in [6.07, 6.45) is 0. The van der Waals surface area contributed by atoms with Gasteiger partial charge in [0, 0.05) is 44.9 Å². The minimum atomic E-state index is -0.0745. The molecule has 0 atom stereocenters. The summed E-state index contributed by atoms with van der Waals surface area (Å²) in [4.78, 5) is 7.12. The molecule has 50 heavy (non-hydrogen) atoms. The maximum Gasteiger partial charge on any atom is 0.227 e. The average Bonchev–Trinajstić information content (AvgIpc) is 3.81. The van der Waals surface area contributed by atoms with E-state index in [1.807, 2.05) is 36.4 Å². The molecule has 10 rings (SSSR count). The molecule has 0 saturated heterocycles. The fraction of sp³-hybridized carbons (Fsp3) is 0.0652. The maximum atomic E-state index is 6.40. The topological polar surface area (TPSA) is 42.4 Å². The lowest BCUT2D eigenvalue weighted by Crippen LogP contribution is -2.16. The zero-order chi connectivity index (χ0) is 33.4. The van der Waals surface area contributed by atoms with E-state index in [-0.39, 0.29) is 5.41 Å². The molecule has 0 unspecified atom stereocenters. The number of anilines is 3. The Morgan fingerprint density at radius 2 is 1.12 bits per heavy atom. The molecule has 2 heterocycles. The molecule has 9 aromatic rings. The van der Waals surface area contributed by atoms with E-state index in [0.29, 0.717) is 11.5 Å². The smallest absolute Gasteiger partial charge is 0.227 e. The van der Waals surface area contributed by atoms with Crippen molar-refractivity contribution in [2.45, 2.75) is 19.3 Å². The second-order valence-corrected chi connectivity index (χ2v) is 13.6. The van der Waals surface area contributed by atoms with Crippen LogP contribution in [-0.4, -0.2) is 4.98 Å². The number of oxazole rings is 1. The monoisotopic (exact) mass is 644 g/mol. The van der Waals surface area contributed by atoms with Gasteiger partial charge < -0.3 is 13.7 Å². The molecule has 4 nitrogen and oxygen atoms in total. The van der Waals surface area contributed by atoms with E-state index in [9.17, 15) is 0 Å². The van der Waals surface area contributed by atoms with Crippen molar-refractivity contribution in [3.05, 3.63) is 169 Å². The van der Waals surface area contributed by atoms with Gasteiger partial charge >= 0.3 is 0 Å². The standard InChI is InChI=1S/C46H32N2O2/c1-46(2)39-16-10-9-15-35(39)36-24-22-34(26-40(36)46)48(32-13-7-4-8-14-32)33-20-17-29(18-21-33)31-19-23-37-38-27-41-44(28-43(38)49-42(37)25-31)50-45(47-41)30-11-5-3-6-12-30/h3-28H,1-2H3. The maximum absolute atomic E-state index is 6.40. The number of hydrogen-bond acceptors (Lipinski definition) is 4. The number of nitrogens with zero attached hydrogens (tertiary/aromatic N) is 2. The van der Waals surface area contributed by atoms with Crippen LogP contribution >= 0.6 is 0 Å². The van der Waals surface area contributed by atoms with Gasteiger partial charge in [-0.05, 0) is 100 Å². The van der Waals surface area contributed by atoms with Crippen LogP contribution in [0.5, 0.6) is 0 Å². The molecule has 0 fully saturated rings. The van der Waals surface area contributed by atoms with Gasteiger partial charge in [0.05, 0.1) is 0 Å². The van der Waals surface area contributed by atoms with Crippen LogP contribution in [-0.2, 0) is 5.41 Å². The Morgan fingerprint density at radius 3 is 1.94 bits per heavy atom. The summed E-state index contributed by atoms with van der Waals surface area (Å²) in [5.74, 6) is 0.611. The van der Waals surface area contributed by atoms with Crippen molar-refractivity contribution in [3.63, 3.8) is 0 Å². The second-order valence-electron chi connectivity index (χ2n) is 13.6. The first-order valence-electron chi connectivity index (χ1n) is 17.0. The third-order valence-electron chi connectivity index (χ3n) is 10.3. The zero-order valence-corrected chi connectivity index (χ0v) is 27.7. The van der Waals surface area contributed by atoms with Gasteiger partial charge in [-0.3, -0.25) is 0 Å². The van der Waals surface area contributed by atoms with Crippen molar-refractivity contribution >= 4 is 50.1 Å². The van der Waals surface area contributed by atoms with Gasteiger partial charge in [0.15, 0.2) is 5.58 Å². The minimum absolute atomic E-state index is 0.0745. The van der Waals surface area contributed by atoms with Crippen LogP contribution in [0.1, 0.15) is 25.0 Å². The highest BCUT2D eigenvalue weighted by Gasteiger charge is 2.35. The Morgan fingerprint density at radius 1 is 0.460 bits per heavy atom. The zero-order valence-electron chi connectivity index (χ0n) is 27.7. The molecule has 0 spiro atoms. The first kappa shape index (κ1) is 28.6. The Labute approximate surface area is 289 Å². The van der Waals surface area contributed by atoms with Crippen LogP contribution < -0.4 is 4.90 Å². The third-order valence-corrected chi connectivity index (χ3v) is 10.3. The van der Waals surface area contributed by atoms with Crippen molar-refractivity contribution in [2.75, 3.05) is 4.90 Å². The summed E-state index contributed by atoms with van der Waals surface area (Å²) >= 11 is 0. The third kappa shape index (κ3) is 4.42. The summed E-state index contributed by atoms with van der Waals surface area (Å²) in [7, 11) is 0. The van der Waals surface area contributed by atoms with Gasteiger partial charge in [0.2, 0.25) is 5.89 Å². The molecule has 4 heteroatoms. The quantitative estimate of drug-likeness (QED) is 0.187. The molecule has 0 aliphatic heterocycles. The highest BCUT2D eigenvalue weighted by molar-refractivity contribution is 6.09. The van der Waals surface area contributed by atoms with Crippen LogP contribution in [0.2, 0.25) is 0 Å². The first-order chi connectivity index (χ1) is 24.5. The summed E-state index contributed by atoms with van der Waals surface area (Å²) in [5, 5.41) is 2.09. The molecular formula is C46H32N2O2. The van der Waals surface area contributed by atoms with Crippen LogP contribution in [0.15, 0.2) is 167 Å². The summed E-state index contributed by atoms with van der Waals surface area (Å²) in [6.45, 7) is 4.66. The molecule has 1 aliphatic carbocycles. The lowest BCUT2D eigenvalue weighted by atomic mass is 9.82. The Balaban J connectivity index is 1.01. The second kappa shape index (κ2) is 10.8. The minimum Gasteiger partial charge on any atom is -0.456 e. The first-order valence-corrected chi connectivity index (χ1v) is 17.0. The van der Waals surface area contributed by atoms with Crippen LogP contribution in [0.3, 0.4) is 0 Å². The predicted octanol–water partition coefficient (Wildman–Crippen LogP) is 12.8. The lowest BCUT2D eigenvalue weighted by molar-refractivity contribution is 0.617. The fourth-order valence-electron chi connectivity index (χ4n) is 7.74. The number of para-hydroxylation sites is 1. The largest absolute Gasteiger partial charge is 0.456 e. The molecular weight excluding hydrogens is 613 g/mol. The van der Waals surface area contributed by atoms with Gasteiger partial charge in [0.25, 0.3) is 0 Å². The number of aromatic nitrogens is 1. The Bertz CT molecular complexity index is 2720. The molecule has 2 aromatic heterocycles. The molecule has 0 bridgehead atoms. The molecule has 0 amide bonds. The molecule has 0 saturated carbocycles. The fourth-order valence-corrected chi connectivity index (χ4v) is 7.74. The molecule has 0 radical (unpaired) electrons. The molecule has 7 aromatic carbocycles. The summed E-state index contributed by atoms with van der Waals surface area (Å²) in [6, 6.07) is 55.6. The predicted molar refractivity (Wildman–Crippen MR) is 204 cm³/mol. The van der Waals surface area contributed by atoms with Gasteiger partial charge in [-0.1, -0.05) is 98.8 Å². The normalized spacial score (nSPS) is 13.2. The number of furan rings is 1.